The van der Waals surface area contributed by atoms with E-state index in [1.54, 1.807) is 0 Å². The van der Waals surface area contributed by atoms with E-state index in [0.29, 0.717) is 25.3 Å². The van der Waals surface area contributed by atoms with E-state index in [0.717, 1.165) is 12.8 Å². The van der Waals surface area contributed by atoms with E-state index in [1.165, 1.54) is 4.90 Å². The number of carbonyl (C=O) groups excluding carboxylic acids is 1. The molecule has 0 unspecified atom stereocenters. The average molecular weight is 213 g/mol. The van der Waals surface area contributed by atoms with Crippen molar-refractivity contribution in [3.05, 3.63) is 0 Å². The minimum Gasteiger partial charge on any atom is -0.480 e. The van der Waals surface area contributed by atoms with Crippen molar-refractivity contribution in [3.8, 4) is 0 Å². The van der Waals surface area contributed by atoms with E-state index in [9.17, 15) is 9.59 Å². The monoisotopic (exact) mass is 213 g/mol. The van der Waals surface area contributed by atoms with Gasteiger partial charge in [-0.3, -0.25) is 4.79 Å². The summed E-state index contributed by atoms with van der Waals surface area (Å²) in [7, 11) is 0. The van der Waals surface area contributed by atoms with Crippen LogP contribution in [-0.2, 0) is 9.59 Å². The Morgan fingerprint density at radius 3 is 2.73 bits per heavy atom. The summed E-state index contributed by atoms with van der Waals surface area (Å²) in [5.41, 5.74) is 0. The van der Waals surface area contributed by atoms with Gasteiger partial charge >= 0.3 is 5.97 Å². The molecule has 1 aliphatic rings. The predicted molar refractivity (Wildman–Crippen MR) is 56.4 cm³/mol. The normalized spacial score (nSPS) is 22.8. The fourth-order valence-corrected chi connectivity index (χ4v) is 1.88. The first kappa shape index (κ1) is 12.0. The maximum absolute atomic E-state index is 11.8. The summed E-state index contributed by atoms with van der Waals surface area (Å²) in [5, 5.41) is 8.93. The molecule has 0 aromatic rings. The van der Waals surface area contributed by atoms with E-state index in [1.807, 2.05) is 13.8 Å². The molecule has 4 heteroatoms. The summed E-state index contributed by atoms with van der Waals surface area (Å²) in [6.45, 7) is 4.66. The van der Waals surface area contributed by atoms with Gasteiger partial charge in [0.05, 0.1) is 0 Å². The largest absolute Gasteiger partial charge is 0.480 e. The van der Waals surface area contributed by atoms with Crippen LogP contribution in [0, 0.1) is 5.92 Å². The molecule has 0 spiro atoms. The predicted octanol–water partition coefficient (Wildman–Crippen LogP) is 1.50. The van der Waals surface area contributed by atoms with E-state index in [2.05, 4.69) is 0 Å². The van der Waals surface area contributed by atoms with Gasteiger partial charge in [-0.25, -0.2) is 4.79 Å². The van der Waals surface area contributed by atoms with Crippen molar-refractivity contribution in [2.45, 2.75) is 45.6 Å². The first-order valence-electron chi connectivity index (χ1n) is 5.58. The Labute approximate surface area is 90.3 Å². The van der Waals surface area contributed by atoms with Gasteiger partial charge in [-0.05, 0) is 18.8 Å². The SMILES string of the molecule is CC[C@H](C)CC(=O)N1CCC[C@H]1C(=O)O. The number of hydrogen-bond acceptors (Lipinski definition) is 2. The maximum atomic E-state index is 11.8. The lowest BCUT2D eigenvalue weighted by Crippen LogP contribution is -2.40. The molecule has 1 fully saturated rings. The molecule has 0 aliphatic carbocycles. The Bertz CT molecular complexity index is 252. The number of carboxylic acids is 1. The van der Waals surface area contributed by atoms with E-state index >= 15 is 0 Å². The summed E-state index contributed by atoms with van der Waals surface area (Å²) < 4.78 is 0. The van der Waals surface area contributed by atoms with Gasteiger partial charge in [0.25, 0.3) is 0 Å². The summed E-state index contributed by atoms with van der Waals surface area (Å²) in [4.78, 5) is 24.2. The lowest BCUT2D eigenvalue weighted by molar-refractivity contribution is -0.148. The lowest BCUT2D eigenvalue weighted by Gasteiger charge is -2.22. The van der Waals surface area contributed by atoms with Crippen LogP contribution in [0.1, 0.15) is 39.5 Å². The summed E-state index contributed by atoms with van der Waals surface area (Å²) >= 11 is 0. The van der Waals surface area contributed by atoms with Crippen LogP contribution >= 0.6 is 0 Å². The standard InChI is InChI=1S/C11H19NO3/c1-3-8(2)7-10(13)12-6-4-5-9(12)11(14)15/h8-9H,3-7H2,1-2H3,(H,14,15)/t8-,9-/m0/s1. The molecule has 0 aromatic heterocycles. The lowest BCUT2D eigenvalue weighted by atomic mass is 10.0. The van der Waals surface area contributed by atoms with Crippen LogP contribution in [-0.4, -0.2) is 34.5 Å². The van der Waals surface area contributed by atoms with Crippen molar-refractivity contribution in [2.24, 2.45) is 5.92 Å². The van der Waals surface area contributed by atoms with Crippen molar-refractivity contribution >= 4 is 11.9 Å². The van der Waals surface area contributed by atoms with Crippen LogP contribution in [0.3, 0.4) is 0 Å². The van der Waals surface area contributed by atoms with E-state index < -0.39 is 12.0 Å². The molecule has 15 heavy (non-hydrogen) atoms. The summed E-state index contributed by atoms with van der Waals surface area (Å²) in [6.07, 6.45) is 2.84. The average Bonchev–Trinajstić information content (AvgIpc) is 2.65. The quantitative estimate of drug-likeness (QED) is 0.769. The van der Waals surface area contributed by atoms with Gasteiger partial charge in [-0.2, -0.15) is 0 Å². The highest BCUT2D eigenvalue weighted by Gasteiger charge is 2.33. The molecule has 4 nitrogen and oxygen atoms in total. The molecule has 0 bridgehead atoms. The molecule has 0 aromatic carbocycles. The number of likely N-dealkylation sites (tertiary alicyclic amines) is 1. The first-order valence-corrected chi connectivity index (χ1v) is 5.58. The number of hydrogen-bond donors (Lipinski definition) is 1. The van der Waals surface area contributed by atoms with E-state index in [4.69, 9.17) is 5.11 Å². The summed E-state index contributed by atoms with van der Waals surface area (Å²) in [5.74, 6) is -0.535. The smallest absolute Gasteiger partial charge is 0.326 e. The van der Waals surface area contributed by atoms with Gasteiger partial charge in [-0.15, -0.1) is 0 Å². The van der Waals surface area contributed by atoms with Crippen molar-refractivity contribution in [1.29, 1.82) is 0 Å². The van der Waals surface area contributed by atoms with Crippen LogP contribution < -0.4 is 0 Å². The zero-order valence-corrected chi connectivity index (χ0v) is 9.40. The van der Waals surface area contributed by atoms with Crippen molar-refractivity contribution < 1.29 is 14.7 Å². The third-order valence-corrected chi connectivity index (χ3v) is 3.08. The molecular formula is C11H19NO3. The number of nitrogens with zero attached hydrogens (tertiary/aromatic N) is 1. The highest BCUT2D eigenvalue weighted by molar-refractivity contribution is 5.84. The van der Waals surface area contributed by atoms with Gasteiger partial charge in [0.15, 0.2) is 0 Å². The molecule has 2 atom stereocenters. The Hall–Kier alpha value is -1.06. The van der Waals surface area contributed by atoms with Gasteiger partial charge in [0.2, 0.25) is 5.91 Å². The minimum absolute atomic E-state index is 0.00532. The molecule has 1 amide bonds. The second-order valence-electron chi connectivity index (χ2n) is 4.30. The number of carboxylic acid groups (broad SMARTS) is 1. The van der Waals surface area contributed by atoms with Gasteiger partial charge in [0, 0.05) is 13.0 Å². The van der Waals surface area contributed by atoms with Crippen molar-refractivity contribution in [3.63, 3.8) is 0 Å². The molecule has 0 radical (unpaired) electrons. The highest BCUT2D eigenvalue weighted by atomic mass is 16.4. The Morgan fingerprint density at radius 2 is 2.20 bits per heavy atom. The Kier molecular flexibility index (Phi) is 4.12. The van der Waals surface area contributed by atoms with Gasteiger partial charge in [0.1, 0.15) is 6.04 Å². The minimum atomic E-state index is -0.870. The van der Waals surface area contributed by atoms with Crippen LogP contribution in [0.2, 0.25) is 0 Å². The van der Waals surface area contributed by atoms with Crippen molar-refractivity contribution in [2.75, 3.05) is 6.54 Å². The molecule has 1 saturated heterocycles. The molecule has 0 saturated carbocycles. The van der Waals surface area contributed by atoms with E-state index in [-0.39, 0.29) is 5.91 Å². The number of amides is 1. The fraction of sp³-hybridized carbons (Fsp3) is 0.818. The Balaban J connectivity index is 2.55. The molecular weight excluding hydrogens is 194 g/mol. The highest BCUT2D eigenvalue weighted by Crippen LogP contribution is 2.20. The Morgan fingerprint density at radius 1 is 1.53 bits per heavy atom. The van der Waals surface area contributed by atoms with Crippen LogP contribution in [0.25, 0.3) is 0 Å². The second-order valence-corrected chi connectivity index (χ2v) is 4.30. The first-order chi connectivity index (χ1) is 7.06. The molecule has 1 heterocycles. The maximum Gasteiger partial charge on any atom is 0.326 e. The summed E-state index contributed by atoms with van der Waals surface area (Å²) in [6, 6.07) is -0.582. The topological polar surface area (TPSA) is 57.6 Å². The second kappa shape index (κ2) is 5.14. The third-order valence-electron chi connectivity index (χ3n) is 3.08. The van der Waals surface area contributed by atoms with Crippen LogP contribution in [0.4, 0.5) is 0 Å². The molecule has 1 rings (SSSR count). The number of carbonyl (C=O) groups is 2. The number of rotatable bonds is 4. The third kappa shape index (κ3) is 2.94. The molecule has 86 valence electrons. The molecule has 1 N–H and O–H groups in total. The van der Waals surface area contributed by atoms with Gasteiger partial charge < -0.3 is 10.0 Å². The van der Waals surface area contributed by atoms with Gasteiger partial charge in [-0.1, -0.05) is 20.3 Å². The number of aliphatic carboxylic acids is 1. The van der Waals surface area contributed by atoms with Crippen molar-refractivity contribution in [1.82, 2.24) is 4.90 Å². The van der Waals surface area contributed by atoms with Crippen LogP contribution in [0.15, 0.2) is 0 Å². The zero-order valence-electron chi connectivity index (χ0n) is 9.40. The fourth-order valence-electron chi connectivity index (χ4n) is 1.88. The van der Waals surface area contributed by atoms with Crippen LogP contribution in [0.5, 0.6) is 0 Å². The zero-order chi connectivity index (χ0) is 11.4. The molecule has 1 aliphatic heterocycles.